The number of nitrogens with one attached hydrogen (secondary N) is 1. The Balaban J connectivity index is 2.08. The number of hydrogen-bond acceptors (Lipinski definition) is 5. The number of ether oxygens (including phenoxy) is 2. The van der Waals surface area contributed by atoms with Gasteiger partial charge in [-0.15, -0.1) is 0 Å². The number of benzene rings is 2. The summed E-state index contributed by atoms with van der Waals surface area (Å²) in [6.07, 6.45) is 3.37. The molecule has 0 aliphatic carbocycles. The lowest BCUT2D eigenvalue weighted by Crippen LogP contribution is -2.20. The molecule has 138 valence electrons. The molecule has 0 amide bonds. The summed E-state index contributed by atoms with van der Waals surface area (Å²) in [5.74, 6) is 1.03. The van der Waals surface area contributed by atoms with Crippen molar-refractivity contribution >= 4 is 17.5 Å². The van der Waals surface area contributed by atoms with Crippen molar-refractivity contribution in [3.63, 3.8) is 0 Å². The van der Waals surface area contributed by atoms with Crippen LogP contribution in [0.3, 0.4) is 0 Å². The zero-order valence-corrected chi connectivity index (χ0v) is 15.8. The highest BCUT2D eigenvalue weighted by Gasteiger charge is 2.10. The summed E-state index contributed by atoms with van der Waals surface area (Å²) in [6, 6.07) is 13.1. The Kier molecular flexibility index (Phi) is 7.24. The van der Waals surface area contributed by atoms with Crippen molar-refractivity contribution in [1.82, 2.24) is 4.90 Å². The van der Waals surface area contributed by atoms with Crippen LogP contribution in [0.5, 0.6) is 11.5 Å². The number of methoxy groups -OCH3 is 2. The Bertz CT molecular complexity index is 770. The summed E-state index contributed by atoms with van der Waals surface area (Å²) in [5.41, 5.74) is 2.49. The minimum absolute atomic E-state index is 0.115. The Labute approximate surface area is 155 Å². The molecule has 5 nitrogen and oxygen atoms in total. The lowest BCUT2D eigenvalue weighted by Gasteiger charge is -2.11. The first-order valence-electron chi connectivity index (χ1n) is 8.46. The monoisotopic (exact) mass is 354 g/mol. The van der Waals surface area contributed by atoms with Crippen LogP contribution in [0.2, 0.25) is 0 Å². The van der Waals surface area contributed by atoms with E-state index < -0.39 is 0 Å². The number of allylic oxidation sites excluding steroid dienone is 1. The van der Waals surface area contributed by atoms with Crippen molar-refractivity contribution in [3.05, 3.63) is 59.7 Å². The normalized spacial score (nSPS) is 11.0. The second kappa shape index (κ2) is 9.63. The van der Waals surface area contributed by atoms with E-state index in [0.29, 0.717) is 17.1 Å². The van der Waals surface area contributed by atoms with Crippen LogP contribution in [0.15, 0.2) is 48.5 Å². The van der Waals surface area contributed by atoms with Crippen LogP contribution in [0.25, 0.3) is 6.08 Å². The van der Waals surface area contributed by atoms with Gasteiger partial charge >= 0.3 is 0 Å². The van der Waals surface area contributed by atoms with Crippen molar-refractivity contribution in [2.75, 3.05) is 46.7 Å². The molecular weight excluding hydrogens is 328 g/mol. The highest BCUT2D eigenvalue weighted by atomic mass is 16.5. The quantitative estimate of drug-likeness (QED) is 0.551. The van der Waals surface area contributed by atoms with Gasteiger partial charge in [0.05, 0.1) is 19.8 Å². The number of nitrogens with zero attached hydrogens (tertiary/aromatic N) is 1. The molecule has 2 aromatic rings. The van der Waals surface area contributed by atoms with Gasteiger partial charge in [0.25, 0.3) is 0 Å². The number of hydrogen-bond donors (Lipinski definition) is 1. The van der Waals surface area contributed by atoms with E-state index in [0.717, 1.165) is 24.3 Å². The average molecular weight is 354 g/mol. The fraction of sp³-hybridized carbons (Fsp3) is 0.286. The number of likely N-dealkylation sites (N-methyl/N-ethyl adjacent to an activating group) is 1. The molecule has 0 fully saturated rings. The van der Waals surface area contributed by atoms with Crippen LogP contribution in [0.1, 0.15) is 15.9 Å². The number of anilines is 1. The summed E-state index contributed by atoms with van der Waals surface area (Å²) in [5, 5.41) is 3.37. The van der Waals surface area contributed by atoms with E-state index in [1.807, 2.05) is 44.4 Å². The lowest BCUT2D eigenvalue weighted by atomic mass is 10.1. The number of carbonyl (C=O) groups excluding carboxylic acids is 1. The maximum atomic E-state index is 12.5. The van der Waals surface area contributed by atoms with E-state index in [9.17, 15) is 4.79 Å². The minimum Gasteiger partial charge on any atom is -0.497 e. The fourth-order valence-corrected chi connectivity index (χ4v) is 2.44. The predicted octanol–water partition coefficient (Wildman–Crippen LogP) is 3.57. The maximum Gasteiger partial charge on any atom is 0.189 e. The standard InChI is InChI=1S/C21H26N2O3/c1-23(2)13-12-22-17-7-5-6-16(14-17)8-11-20(24)19-10-9-18(25-3)15-21(19)26-4/h5-11,14-15,22H,12-13H2,1-4H3/b11-8+. The topological polar surface area (TPSA) is 50.8 Å². The zero-order valence-electron chi connectivity index (χ0n) is 15.8. The van der Waals surface area contributed by atoms with Gasteiger partial charge in [-0.2, -0.15) is 0 Å². The molecule has 0 bridgehead atoms. The Morgan fingerprint density at radius 3 is 2.62 bits per heavy atom. The third-order valence-electron chi connectivity index (χ3n) is 3.88. The molecule has 0 unspecified atom stereocenters. The van der Waals surface area contributed by atoms with Crippen LogP contribution >= 0.6 is 0 Å². The molecule has 0 spiro atoms. The van der Waals surface area contributed by atoms with Gasteiger partial charge in [0.2, 0.25) is 0 Å². The Morgan fingerprint density at radius 1 is 1.12 bits per heavy atom. The molecule has 0 radical (unpaired) electrons. The zero-order chi connectivity index (χ0) is 18.9. The first-order valence-corrected chi connectivity index (χ1v) is 8.46. The number of ketones is 1. The highest BCUT2D eigenvalue weighted by molar-refractivity contribution is 6.08. The fourth-order valence-electron chi connectivity index (χ4n) is 2.44. The minimum atomic E-state index is -0.115. The molecule has 26 heavy (non-hydrogen) atoms. The third-order valence-corrected chi connectivity index (χ3v) is 3.88. The van der Waals surface area contributed by atoms with Gasteiger partial charge in [0, 0.05) is 24.8 Å². The van der Waals surface area contributed by atoms with Crippen molar-refractivity contribution in [2.24, 2.45) is 0 Å². The van der Waals surface area contributed by atoms with Gasteiger partial charge in [0.1, 0.15) is 11.5 Å². The van der Waals surface area contributed by atoms with Gasteiger partial charge in [-0.05, 0) is 50.0 Å². The third kappa shape index (κ3) is 5.63. The average Bonchev–Trinajstić information content (AvgIpc) is 2.65. The Morgan fingerprint density at radius 2 is 1.92 bits per heavy atom. The summed E-state index contributed by atoms with van der Waals surface area (Å²) in [7, 11) is 7.20. The molecule has 1 N–H and O–H groups in total. The van der Waals surface area contributed by atoms with Gasteiger partial charge in [0.15, 0.2) is 5.78 Å². The molecule has 0 aliphatic heterocycles. The van der Waals surface area contributed by atoms with Crippen LogP contribution in [-0.4, -0.2) is 52.1 Å². The van der Waals surface area contributed by atoms with Crippen molar-refractivity contribution in [3.8, 4) is 11.5 Å². The molecule has 0 aromatic heterocycles. The van der Waals surface area contributed by atoms with Crippen molar-refractivity contribution in [2.45, 2.75) is 0 Å². The lowest BCUT2D eigenvalue weighted by molar-refractivity contribution is 0.104. The largest absolute Gasteiger partial charge is 0.497 e. The molecule has 0 saturated heterocycles. The van der Waals surface area contributed by atoms with E-state index >= 15 is 0 Å². The molecule has 2 aromatic carbocycles. The smallest absolute Gasteiger partial charge is 0.189 e. The van der Waals surface area contributed by atoms with E-state index in [1.54, 1.807) is 31.4 Å². The van der Waals surface area contributed by atoms with Crippen molar-refractivity contribution < 1.29 is 14.3 Å². The molecule has 0 heterocycles. The Hall–Kier alpha value is -2.79. The molecule has 2 rings (SSSR count). The predicted molar refractivity (Wildman–Crippen MR) is 106 cm³/mol. The summed E-state index contributed by atoms with van der Waals surface area (Å²) >= 11 is 0. The van der Waals surface area contributed by atoms with E-state index in [1.165, 1.54) is 7.11 Å². The number of rotatable bonds is 9. The SMILES string of the molecule is COc1ccc(C(=O)/C=C/c2cccc(NCCN(C)C)c2)c(OC)c1. The summed E-state index contributed by atoms with van der Waals surface area (Å²) in [4.78, 5) is 14.6. The summed E-state index contributed by atoms with van der Waals surface area (Å²) < 4.78 is 10.5. The maximum absolute atomic E-state index is 12.5. The van der Waals surface area contributed by atoms with Crippen LogP contribution in [0, 0.1) is 0 Å². The second-order valence-corrected chi connectivity index (χ2v) is 6.12. The van der Waals surface area contributed by atoms with Crippen LogP contribution < -0.4 is 14.8 Å². The molecule has 0 atom stereocenters. The highest BCUT2D eigenvalue weighted by Crippen LogP contribution is 2.25. The summed E-state index contributed by atoms with van der Waals surface area (Å²) in [6.45, 7) is 1.82. The van der Waals surface area contributed by atoms with Gasteiger partial charge < -0.3 is 19.7 Å². The van der Waals surface area contributed by atoms with Crippen LogP contribution in [0.4, 0.5) is 5.69 Å². The second-order valence-electron chi connectivity index (χ2n) is 6.12. The van der Waals surface area contributed by atoms with E-state index in [4.69, 9.17) is 9.47 Å². The van der Waals surface area contributed by atoms with E-state index in [2.05, 4.69) is 10.2 Å². The first kappa shape index (κ1) is 19.5. The molecule has 0 saturated carbocycles. The van der Waals surface area contributed by atoms with Gasteiger partial charge in [-0.25, -0.2) is 0 Å². The first-order chi connectivity index (χ1) is 12.5. The molecule has 0 aliphatic rings. The number of carbonyl (C=O) groups is 1. The van der Waals surface area contributed by atoms with Gasteiger partial charge in [-0.3, -0.25) is 4.79 Å². The molecule has 5 heteroatoms. The van der Waals surface area contributed by atoms with Gasteiger partial charge in [-0.1, -0.05) is 18.2 Å². The van der Waals surface area contributed by atoms with Crippen molar-refractivity contribution in [1.29, 1.82) is 0 Å². The van der Waals surface area contributed by atoms with E-state index in [-0.39, 0.29) is 5.78 Å². The van der Waals surface area contributed by atoms with Crippen LogP contribution in [-0.2, 0) is 0 Å². The molecular formula is C21H26N2O3.